The van der Waals surface area contributed by atoms with E-state index in [1.807, 2.05) is 36.5 Å². The topological polar surface area (TPSA) is 68.7 Å². The molecule has 1 atom stereocenters. The van der Waals surface area contributed by atoms with Crippen molar-refractivity contribution >= 4 is 5.97 Å². The molecule has 1 unspecified atom stereocenters. The molecule has 0 spiro atoms. The molecule has 1 N–H and O–H groups in total. The largest absolute Gasteiger partial charge is 0.493 e. The Hall–Kier alpha value is -2.40. The maximum absolute atomic E-state index is 11.1. The molecule has 25 heavy (non-hydrogen) atoms. The summed E-state index contributed by atoms with van der Waals surface area (Å²) >= 11 is 0. The predicted octanol–water partition coefficient (Wildman–Crippen LogP) is 3.30. The Bertz CT molecular complexity index is 652. The second-order valence-corrected chi connectivity index (χ2v) is 5.74. The first-order valence-electron chi connectivity index (χ1n) is 8.62. The van der Waals surface area contributed by atoms with Crippen LogP contribution in [0.2, 0.25) is 0 Å². The summed E-state index contributed by atoms with van der Waals surface area (Å²) in [4.78, 5) is 15.5. The van der Waals surface area contributed by atoms with Gasteiger partial charge in [0.1, 0.15) is 5.75 Å². The maximum Gasteiger partial charge on any atom is 0.333 e. The van der Waals surface area contributed by atoms with E-state index >= 15 is 0 Å². The molecular formula is C20H25NO4. The Kier molecular flexibility index (Phi) is 7.41. The molecule has 0 aliphatic rings. The Morgan fingerprint density at radius 3 is 2.40 bits per heavy atom. The van der Waals surface area contributed by atoms with Crippen LogP contribution in [0.25, 0.3) is 0 Å². The van der Waals surface area contributed by atoms with E-state index in [1.165, 1.54) is 5.56 Å². The molecule has 0 saturated carbocycles. The molecule has 134 valence electrons. The van der Waals surface area contributed by atoms with Crippen LogP contribution in [0, 0.1) is 0 Å². The van der Waals surface area contributed by atoms with Crippen molar-refractivity contribution in [1.82, 2.24) is 4.98 Å². The number of nitrogens with zero attached hydrogens (tertiary/aromatic N) is 1. The van der Waals surface area contributed by atoms with E-state index in [9.17, 15) is 4.79 Å². The molecule has 2 rings (SSSR count). The van der Waals surface area contributed by atoms with Crippen molar-refractivity contribution in [2.75, 3.05) is 13.2 Å². The van der Waals surface area contributed by atoms with Gasteiger partial charge in [0.2, 0.25) is 0 Å². The SMILES string of the molecule is CCOC(Cc1ccc(OCCc2ccc(CC)cn2)cc1)C(=O)O. The molecule has 1 heterocycles. The molecule has 0 aliphatic carbocycles. The van der Waals surface area contributed by atoms with E-state index in [2.05, 4.69) is 18.0 Å². The van der Waals surface area contributed by atoms with E-state index < -0.39 is 12.1 Å². The molecule has 1 aromatic heterocycles. The fourth-order valence-corrected chi connectivity index (χ4v) is 2.44. The summed E-state index contributed by atoms with van der Waals surface area (Å²) in [6.07, 6.45) is 3.17. The summed E-state index contributed by atoms with van der Waals surface area (Å²) in [6, 6.07) is 11.6. The third-order valence-corrected chi connectivity index (χ3v) is 3.91. The highest BCUT2D eigenvalue weighted by atomic mass is 16.5. The lowest BCUT2D eigenvalue weighted by atomic mass is 10.1. The second kappa shape index (κ2) is 9.79. The molecule has 0 aliphatic heterocycles. The molecule has 5 nitrogen and oxygen atoms in total. The zero-order valence-corrected chi connectivity index (χ0v) is 14.8. The third-order valence-electron chi connectivity index (χ3n) is 3.91. The lowest BCUT2D eigenvalue weighted by Crippen LogP contribution is -2.26. The van der Waals surface area contributed by atoms with Gasteiger partial charge >= 0.3 is 5.97 Å². The second-order valence-electron chi connectivity index (χ2n) is 5.74. The molecule has 2 aromatic rings. The number of aryl methyl sites for hydroxylation is 1. The summed E-state index contributed by atoms with van der Waals surface area (Å²) < 4.78 is 11.0. The quantitative estimate of drug-likeness (QED) is 0.717. The van der Waals surface area contributed by atoms with Gasteiger partial charge in [-0.1, -0.05) is 25.1 Å². The number of carboxylic acid groups (broad SMARTS) is 1. The van der Waals surface area contributed by atoms with Crippen LogP contribution in [-0.2, 0) is 28.8 Å². The third kappa shape index (κ3) is 6.19. The Labute approximate surface area is 148 Å². The van der Waals surface area contributed by atoms with Gasteiger partial charge in [0.05, 0.1) is 6.61 Å². The minimum absolute atomic E-state index is 0.344. The van der Waals surface area contributed by atoms with Crippen LogP contribution in [0.4, 0.5) is 0 Å². The minimum atomic E-state index is -0.941. The fourth-order valence-electron chi connectivity index (χ4n) is 2.44. The Balaban J connectivity index is 1.82. The van der Waals surface area contributed by atoms with Gasteiger partial charge in [0.25, 0.3) is 0 Å². The zero-order chi connectivity index (χ0) is 18.1. The van der Waals surface area contributed by atoms with Crippen molar-refractivity contribution in [1.29, 1.82) is 0 Å². The number of carbonyl (C=O) groups is 1. The zero-order valence-electron chi connectivity index (χ0n) is 14.8. The van der Waals surface area contributed by atoms with Crippen molar-refractivity contribution in [3.8, 4) is 5.75 Å². The summed E-state index contributed by atoms with van der Waals surface area (Å²) in [5, 5.41) is 9.12. The van der Waals surface area contributed by atoms with Crippen molar-refractivity contribution in [3.63, 3.8) is 0 Å². The van der Waals surface area contributed by atoms with Crippen LogP contribution in [0.3, 0.4) is 0 Å². The average molecular weight is 343 g/mol. The summed E-state index contributed by atoms with van der Waals surface area (Å²) in [5.41, 5.74) is 3.15. The highest BCUT2D eigenvalue weighted by Gasteiger charge is 2.17. The van der Waals surface area contributed by atoms with Gasteiger partial charge in [-0.2, -0.15) is 0 Å². The lowest BCUT2D eigenvalue weighted by molar-refractivity contribution is -0.149. The van der Waals surface area contributed by atoms with E-state index in [0.29, 0.717) is 19.6 Å². The summed E-state index contributed by atoms with van der Waals surface area (Å²) in [6.45, 7) is 4.83. The van der Waals surface area contributed by atoms with E-state index in [4.69, 9.17) is 14.6 Å². The van der Waals surface area contributed by atoms with Crippen LogP contribution in [0.5, 0.6) is 5.75 Å². The Morgan fingerprint density at radius 1 is 1.12 bits per heavy atom. The van der Waals surface area contributed by atoms with E-state index in [0.717, 1.165) is 29.8 Å². The number of pyridine rings is 1. The molecule has 0 radical (unpaired) electrons. The smallest absolute Gasteiger partial charge is 0.333 e. The average Bonchev–Trinajstić information content (AvgIpc) is 2.63. The van der Waals surface area contributed by atoms with Gasteiger partial charge in [-0.3, -0.25) is 4.98 Å². The molecule has 0 amide bonds. The predicted molar refractivity (Wildman–Crippen MR) is 96.0 cm³/mol. The van der Waals surface area contributed by atoms with Crippen molar-refractivity contribution < 1.29 is 19.4 Å². The first kappa shape index (κ1) is 18.9. The van der Waals surface area contributed by atoms with E-state index in [-0.39, 0.29) is 0 Å². The molecule has 5 heteroatoms. The Morgan fingerprint density at radius 2 is 1.84 bits per heavy atom. The van der Waals surface area contributed by atoms with Crippen LogP contribution < -0.4 is 4.74 Å². The number of aromatic nitrogens is 1. The summed E-state index contributed by atoms with van der Waals surface area (Å²) in [5.74, 6) is -0.180. The number of hydrogen-bond donors (Lipinski definition) is 1. The van der Waals surface area contributed by atoms with Gasteiger partial charge in [-0.05, 0) is 42.7 Å². The van der Waals surface area contributed by atoms with E-state index in [1.54, 1.807) is 6.92 Å². The maximum atomic E-state index is 11.1. The first-order chi connectivity index (χ1) is 12.1. The van der Waals surface area contributed by atoms with Crippen LogP contribution in [-0.4, -0.2) is 35.4 Å². The van der Waals surface area contributed by atoms with Crippen molar-refractivity contribution in [2.24, 2.45) is 0 Å². The molecule has 1 aromatic carbocycles. The minimum Gasteiger partial charge on any atom is -0.493 e. The number of carboxylic acids is 1. The lowest BCUT2D eigenvalue weighted by Gasteiger charge is -2.13. The highest BCUT2D eigenvalue weighted by molar-refractivity contribution is 5.72. The fraction of sp³-hybridized carbons (Fsp3) is 0.400. The number of aliphatic carboxylic acids is 1. The standard InChI is InChI=1S/C20H25NO4/c1-3-15-5-8-17(21-14-15)11-12-25-18-9-6-16(7-10-18)13-19(20(22)23)24-4-2/h5-10,14,19H,3-4,11-13H2,1-2H3,(H,22,23). The van der Waals surface area contributed by atoms with Crippen molar-refractivity contribution in [2.45, 2.75) is 39.2 Å². The molecule has 0 saturated heterocycles. The first-order valence-corrected chi connectivity index (χ1v) is 8.62. The number of hydrogen-bond acceptors (Lipinski definition) is 4. The van der Waals surface area contributed by atoms with Gasteiger partial charge in [0.15, 0.2) is 6.10 Å². The number of benzene rings is 1. The summed E-state index contributed by atoms with van der Waals surface area (Å²) in [7, 11) is 0. The van der Waals surface area contributed by atoms with Gasteiger partial charge in [-0.25, -0.2) is 4.79 Å². The number of rotatable bonds is 10. The monoisotopic (exact) mass is 343 g/mol. The van der Waals surface area contributed by atoms with Crippen molar-refractivity contribution in [3.05, 3.63) is 59.4 Å². The van der Waals surface area contributed by atoms with Crippen LogP contribution in [0.15, 0.2) is 42.6 Å². The van der Waals surface area contributed by atoms with Gasteiger partial charge in [-0.15, -0.1) is 0 Å². The molecular weight excluding hydrogens is 318 g/mol. The molecule has 0 bridgehead atoms. The molecule has 0 fully saturated rings. The van der Waals surface area contributed by atoms with Crippen LogP contribution >= 0.6 is 0 Å². The highest BCUT2D eigenvalue weighted by Crippen LogP contribution is 2.15. The van der Waals surface area contributed by atoms with Gasteiger partial charge in [0, 0.05) is 31.3 Å². The van der Waals surface area contributed by atoms with Gasteiger partial charge < -0.3 is 14.6 Å². The van der Waals surface area contributed by atoms with Crippen LogP contribution in [0.1, 0.15) is 30.7 Å². The normalized spacial score (nSPS) is 11.9. The number of ether oxygens (including phenoxy) is 2.